The maximum absolute atomic E-state index is 13.8. The largest absolute Gasteiger partial charge is 0.496 e. The summed E-state index contributed by atoms with van der Waals surface area (Å²) < 4.78 is 17.3. The molecule has 10 nitrogen and oxygen atoms in total. The number of ether oxygens (including phenoxy) is 3. The van der Waals surface area contributed by atoms with Crippen LogP contribution in [0, 0.1) is 0 Å². The summed E-state index contributed by atoms with van der Waals surface area (Å²) in [6.45, 7) is 6.74. The van der Waals surface area contributed by atoms with Crippen molar-refractivity contribution in [2.45, 2.75) is 45.4 Å². The Kier molecular flexibility index (Phi) is 8.44. The monoisotopic (exact) mass is 535 g/mol. The summed E-state index contributed by atoms with van der Waals surface area (Å²) in [5, 5.41) is 9.86. The van der Waals surface area contributed by atoms with E-state index in [0.717, 1.165) is 22.3 Å². The minimum Gasteiger partial charge on any atom is -0.496 e. The molecule has 4 rings (SSSR count). The van der Waals surface area contributed by atoms with E-state index in [1.165, 1.54) is 4.90 Å². The van der Waals surface area contributed by atoms with Gasteiger partial charge in [0.1, 0.15) is 29.7 Å². The van der Waals surface area contributed by atoms with Crippen molar-refractivity contribution in [1.82, 2.24) is 20.0 Å². The van der Waals surface area contributed by atoms with E-state index >= 15 is 0 Å². The number of anilines is 1. The number of nitrogens with one attached hydrogen (secondary N) is 2. The summed E-state index contributed by atoms with van der Waals surface area (Å²) in [7, 11) is 5.53. The Morgan fingerprint density at radius 1 is 1.15 bits per heavy atom. The van der Waals surface area contributed by atoms with Gasteiger partial charge in [-0.15, -0.1) is 0 Å². The van der Waals surface area contributed by atoms with E-state index < -0.39 is 17.7 Å². The molecule has 2 N–H and O–H groups in total. The van der Waals surface area contributed by atoms with E-state index in [2.05, 4.69) is 15.5 Å². The van der Waals surface area contributed by atoms with Crippen molar-refractivity contribution in [2.24, 2.45) is 0 Å². The van der Waals surface area contributed by atoms with Crippen LogP contribution in [0.15, 0.2) is 48.8 Å². The first-order valence-electron chi connectivity index (χ1n) is 12.9. The van der Waals surface area contributed by atoms with Gasteiger partial charge in [0.25, 0.3) is 0 Å². The van der Waals surface area contributed by atoms with Crippen molar-refractivity contribution in [2.75, 3.05) is 39.7 Å². The number of aromatic amines is 1. The summed E-state index contributed by atoms with van der Waals surface area (Å²) in [6, 6.07) is 10.5. The number of methoxy groups -OCH3 is 1. The smallest absolute Gasteiger partial charge is 0.411 e. The van der Waals surface area contributed by atoms with Gasteiger partial charge >= 0.3 is 6.09 Å². The molecule has 2 amide bonds. The number of carbonyl (C=O) groups excluding carboxylic acids is 2. The van der Waals surface area contributed by atoms with Crippen molar-refractivity contribution < 1.29 is 23.8 Å². The average Bonchev–Trinajstić information content (AvgIpc) is 3.42. The van der Waals surface area contributed by atoms with Crippen LogP contribution in [0.4, 0.5) is 10.5 Å². The number of likely N-dealkylation sites (N-methyl/N-ethyl adjacent to an activating group) is 1. The van der Waals surface area contributed by atoms with Gasteiger partial charge < -0.3 is 24.4 Å². The van der Waals surface area contributed by atoms with Gasteiger partial charge in [0.05, 0.1) is 25.5 Å². The average molecular weight is 536 g/mol. The van der Waals surface area contributed by atoms with Crippen LogP contribution in [0.3, 0.4) is 0 Å². The topological polar surface area (TPSA) is 109 Å². The van der Waals surface area contributed by atoms with Crippen molar-refractivity contribution in [3.8, 4) is 22.6 Å². The Bertz CT molecular complexity index is 1300. The lowest BCUT2D eigenvalue weighted by Gasteiger charge is -2.37. The van der Waals surface area contributed by atoms with Gasteiger partial charge in [-0.25, -0.2) is 4.79 Å². The van der Waals surface area contributed by atoms with Crippen molar-refractivity contribution in [1.29, 1.82) is 0 Å². The van der Waals surface area contributed by atoms with E-state index in [9.17, 15) is 9.59 Å². The Hall–Kier alpha value is -4.05. The van der Waals surface area contributed by atoms with Crippen molar-refractivity contribution >= 4 is 17.7 Å². The number of benzene rings is 2. The first-order chi connectivity index (χ1) is 18.6. The first kappa shape index (κ1) is 28.0. The summed E-state index contributed by atoms with van der Waals surface area (Å²) >= 11 is 0. The van der Waals surface area contributed by atoms with Crippen LogP contribution in [0.2, 0.25) is 0 Å². The lowest BCUT2D eigenvalue weighted by molar-refractivity contribution is -0.121. The summed E-state index contributed by atoms with van der Waals surface area (Å²) in [5.41, 5.74) is 3.43. The second-order valence-corrected chi connectivity index (χ2v) is 10.8. The fourth-order valence-electron chi connectivity index (χ4n) is 4.41. The minimum absolute atomic E-state index is 0.192. The molecule has 0 aliphatic carbocycles. The molecule has 2 heterocycles. The highest BCUT2D eigenvalue weighted by Crippen LogP contribution is 2.34. The van der Waals surface area contributed by atoms with Crippen molar-refractivity contribution in [3.05, 3.63) is 59.9 Å². The molecule has 0 spiro atoms. The highest BCUT2D eigenvalue weighted by molar-refractivity contribution is 5.98. The van der Waals surface area contributed by atoms with Crippen LogP contribution in [0.25, 0.3) is 11.1 Å². The number of hydrogen-bond donors (Lipinski definition) is 2. The quantitative estimate of drug-likeness (QED) is 0.442. The lowest BCUT2D eigenvalue weighted by Crippen LogP contribution is -2.52. The molecule has 1 aromatic heterocycles. The molecule has 0 saturated carbocycles. The van der Waals surface area contributed by atoms with Gasteiger partial charge in [0.2, 0.25) is 5.91 Å². The molecule has 0 saturated heterocycles. The Morgan fingerprint density at radius 3 is 2.62 bits per heavy atom. The molecule has 208 valence electrons. The minimum atomic E-state index is -0.789. The number of rotatable bonds is 8. The van der Waals surface area contributed by atoms with Gasteiger partial charge in [-0.05, 0) is 64.2 Å². The third-order valence-electron chi connectivity index (χ3n) is 6.37. The van der Waals surface area contributed by atoms with E-state index in [0.29, 0.717) is 36.8 Å². The fraction of sp³-hybridized carbons (Fsp3) is 0.414. The molecule has 0 radical (unpaired) electrons. The zero-order valence-electron chi connectivity index (χ0n) is 23.4. The zero-order valence-corrected chi connectivity index (χ0v) is 23.4. The molecule has 1 unspecified atom stereocenters. The fourth-order valence-corrected chi connectivity index (χ4v) is 4.41. The van der Waals surface area contributed by atoms with Crippen LogP contribution in [-0.2, 0) is 22.5 Å². The highest BCUT2D eigenvalue weighted by Gasteiger charge is 2.38. The second-order valence-electron chi connectivity index (χ2n) is 10.8. The third kappa shape index (κ3) is 6.88. The van der Waals surface area contributed by atoms with Crippen LogP contribution in [0.1, 0.15) is 31.9 Å². The van der Waals surface area contributed by atoms with Crippen LogP contribution < -0.4 is 14.8 Å². The Balaban J connectivity index is 1.64. The predicted octanol–water partition coefficient (Wildman–Crippen LogP) is 4.33. The molecular formula is C29H37N5O5. The van der Waals surface area contributed by atoms with Gasteiger partial charge in [-0.2, -0.15) is 5.10 Å². The third-order valence-corrected chi connectivity index (χ3v) is 6.37. The summed E-state index contributed by atoms with van der Waals surface area (Å²) in [4.78, 5) is 30.6. The van der Waals surface area contributed by atoms with E-state index in [-0.39, 0.29) is 12.5 Å². The van der Waals surface area contributed by atoms with Crippen molar-refractivity contribution in [3.63, 3.8) is 0 Å². The van der Waals surface area contributed by atoms with Gasteiger partial charge in [0, 0.05) is 30.3 Å². The molecule has 0 fully saturated rings. The molecule has 1 aliphatic rings. The van der Waals surface area contributed by atoms with Crippen LogP contribution >= 0.6 is 0 Å². The maximum atomic E-state index is 13.8. The Morgan fingerprint density at radius 2 is 1.95 bits per heavy atom. The number of H-pyrrole nitrogens is 1. The van der Waals surface area contributed by atoms with Crippen LogP contribution in [-0.4, -0.2) is 78.0 Å². The SMILES string of the molecule is COc1cccc2c1CN(C(=O)OC(C)(C)C)C(C(=O)Nc1ccc(-c3cn[nH]c3)cc1OCCN(C)C)C2. The van der Waals surface area contributed by atoms with E-state index in [1.54, 1.807) is 40.3 Å². The van der Waals surface area contributed by atoms with E-state index in [4.69, 9.17) is 14.2 Å². The molecular weight excluding hydrogens is 498 g/mol. The molecule has 10 heteroatoms. The summed E-state index contributed by atoms with van der Waals surface area (Å²) in [5.74, 6) is 0.875. The number of hydrogen-bond acceptors (Lipinski definition) is 7. The molecule has 0 bridgehead atoms. The number of amides is 2. The molecule has 1 atom stereocenters. The number of carbonyl (C=O) groups is 2. The molecule has 2 aromatic carbocycles. The highest BCUT2D eigenvalue weighted by atomic mass is 16.6. The zero-order chi connectivity index (χ0) is 28.2. The lowest BCUT2D eigenvalue weighted by atomic mass is 9.93. The van der Waals surface area contributed by atoms with E-state index in [1.807, 2.05) is 55.4 Å². The van der Waals surface area contributed by atoms with Gasteiger partial charge in [0.15, 0.2) is 0 Å². The maximum Gasteiger partial charge on any atom is 0.411 e. The number of nitrogens with zero attached hydrogens (tertiary/aromatic N) is 3. The predicted molar refractivity (Wildman–Crippen MR) is 149 cm³/mol. The Labute approximate surface area is 229 Å². The van der Waals surface area contributed by atoms with Gasteiger partial charge in [-0.1, -0.05) is 18.2 Å². The normalized spacial score (nSPS) is 15.1. The second kappa shape index (κ2) is 11.8. The molecule has 1 aliphatic heterocycles. The first-order valence-corrected chi connectivity index (χ1v) is 12.9. The standard InChI is InChI=1S/C29H37N5O5/c1-29(2,3)39-28(36)34-18-22-20(8-7-9-25(22)37-6)14-24(34)27(35)32-23-11-10-19(21-16-30-31-17-21)15-26(23)38-13-12-33(4)5/h7-11,15-17,24H,12-14,18H2,1-6H3,(H,30,31)(H,32,35). The van der Waals surface area contributed by atoms with Crippen LogP contribution in [0.5, 0.6) is 11.5 Å². The van der Waals surface area contributed by atoms with Gasteiger partial charge in [-0.3, -0.25) is 14.8 Å². The molecule has 39 heavy (non-hydrogen) atoms. The summed E-state index contributed by atoms with van der Waals surface area (Å²) in [6.07, 6.45) is 3.28. The number of aromatic nitrogens is 2. The number of fused-ring (bicyclic) bond motifs is 1. The molecule has 3 aromatic rings.